The molecule has 1 saturated heterocycles. The van der Waals surface area contributed by atoms with Gasteiger partial charge in [0.15, 0.2) is 0 Å². The Bertz CT molecular complexity index is 449. The summed E-state index contributed by atoms with van der Waals surface area (Å²) < 4.78 is 5.52. The van der Waals surface area contributed by atoms with E-state index in [0.717, 1.165) is 12.2 Å². The molecule has 0 spiro atoms. The van der Waals surface area contributed by atoms with Gasteiger partial charge in [0, 0.05) is 18.1 Å². The summed E-state index contributed by atoms with van der Waals surface area (Å²) in [6.07, 6.45) is 6.10. The van der Waals surface area contributed by atoms with Gasteiger partial charge in [0.1, 0.15) is 5.75 Å². The minimum atomic E-state index is 0.00965. The van der Waals surface area contributed by atoms with Gasteiger partial charge in [0.2, 0.25) is 0 Å². The molecule has 118 valence electrons. The number of ether oxygens (including phenoxy) is 1. The van der Waals surface area contributed by atoms with Gasteiger partial charge in [0.25, 0.3) is 0 Å². The molecule has 0 bridgehead atoms. The molecular formula is C18H30N2O. The molecule has 0 amide bonds. The van der Waals surface area contributed by atoms with E-state index in [0.29, 0.717) is 12.6 Å². The molecule has 3 heteroatoms. The molecule has 1 fully saturated rings. The zero-order chi connectivity index (χ0) is 15.3. The third-order valence-corrected chi connectivity index (χ3v) is 5.00. The second-order valence-corrected chi connectivity index (χ2v) is 6.44. The van der Waals surface area contributed by atoms with Crippen LogP contribution in [-0.4, -0.2) is 36.7 Å². The molecule has 3 nitrogen and oxygen atoms in total. The zero-order valence-electron chi connectivity index (χ0n) is 13.8. The second kappa shape index (κ2) is 7.28. The van der Waals surface area contributed by atoms with Crippen LogP contribution in [0.25, 0.3) is 0 Å². The lowest BCUT2D eigenvalue weighted by Crippen LogP contribution is -2.58. The minimum absolute atomic E-state index is 0.00965. The number of likely N-dealkylation sites (tertiary alicyclic amines) is 1. The van der Waals surface area contributed by atoms with E-state index in [2.05, 4.69) is 30.9 Å². The monoisotopic (exact) mass is 290 g/mol. The van der Waals surface area contributed by atoms with Gasteiger partial charge in [0.05, 0.1) is 7.11 Å². The number of methoxy groups -OCH3 is 1. The van der Waals surface area contributed by atoms with Crippen molar-refractivity contribution in [1.82, 2.24) is 4.90 Å². The van der Waals surface area contributed by atoms with E-state index in [-0.39, 0.29) is 5.54 Å². The van der Waals surface area contributed by atoms with Crippen LogP contribution in [0.1, 0.15) is 45.1 Å². The van der Waals surface area contributed by atoms with Gasteiger partial charge in [-0.25, -0.2) is 0 Å². The Morgan fingerprint density at radius 2 is 2.10 bits per heavy atom. The lowest BCUT2D eigenvalue weighted by Gasteiger charge is -2.48. The summed E-state index contributed by atoms with van der Waals surface area (Å²) in [5.41, 5.74) is 7.48. The van der Waals surface area contributed by atoms with Crippen molar-refractivity contribution in [3.63, 3.8) is 0 Å². The number of hydrogen-bond acceptors (Lipinski definition) is 3. The first kappa shape index (κ1) is 16.3. The molecule has 21 heavy (non-hydrogen) atoms. The van der Waals surface area contributed by atoms with Crippen molar-refractivity contribution >= 4 is 0 Å². The number of hydrogen-bond donors (Lipinski definition) is 1. The molecule has 0 aromatic heterocycles. The first-order valence-corrected chi connectivity index (χ1v) is 8.23. The maximum absolute atomic E-state index is 6.21. The SMILES string of the molecule is CCC1CCCCN1C(C)(CN)Cc1ccccc1OC. The molecule has 2 unspecified atom stereocenters. The van der Waals surface area contributed by atoms with Gasteiger partial charge in [-0.15, -0.1) is 0 Å². The Morgan fingerprint density at radius 3 is 2.76 bits per heavy atom. The molecule has 0 saturated carbocycles. The maximum atomic E-state index is 6.21. The Balaban J connectivity index is 2.23. The normalized spacial score (nSPS) is 22.8. The molecule has 1 aromatic carbocycles. The number of para-hydroxylation sites is 1. The molecule has 1 heterocycles. The third kappa shape index (κ3) is 3.58. The molecular weight excluding hydrogens is 260 g/mol. The van der Waals surface area contributed by atoms with Crippen molar-refractivity contribution in [2.45, 2.75) is 57.5 Å². The number of rotatable bonds is 6. The predicted octanol–water partition coefficient (Wildman–Crippen LogP) is 3.22. The molecule has 0 radical (unpaired) electrons. The Kier molecular flexibility index (Phi) is 5.65. The largest absolute Gasteiger partial charge is 0.496 e. The van der Waals surface area contributed by atoms with Crippen molar-refractivity contribution in [3.05, 3.63) is 29.8 Å². The molecule has 2 atom stereocenters. The van der Waals surface area contributed by atoms with E-state index in [1.807, 2.05) is 12.1 Å². The molecule has 0 aliphatic carbocycles. The highest BCUT2D eigenvalue weighted by Gasteiger charge is 2.36. The van der Waals surface area contributed by atoms with Crippen LogP contribution in [0, 0.1) is 0 Å². The highest BCUT2D eigenvalue weighted by Crippen LogP contribution is 2.32. The number of piperidine rings is 1. The Morgan fingerprint density at radius 1 is 1.33 bits per heavy atom. The van der Waals surface area contributed by atoms with Crippen molar-refractivity contribution in [3.8, 4) is 5.75 Å². The summed E-state index contributed by atoms with van der Waals surface area (Å²) in [6, 6.07) is 8.99. The smallest absolute Gasteiger partial charge is 0.122 e. The molecule has 1 aliphatic rings. The van der Waals surface area contributed by atoms with E-state index >= 15 is 0 Å². The quantitative estimate of drug-likeness (QED) is 0.874. The molecule has 2 rings (SSSR count). The highest BCUT2D eigenvalue weighted by molar-refractivity contribution is 5.34. The van der Waals surface area contributed by atoms with Gasteiger partial charge in [-0.1, -0.05) is 31.5 Å². The standard InChI is InChI=1S/C18H30N2O/c1-4-16-10-7-8-12-20(16)18(2,14-19)13-15-9-5-6-11-17(15)21-3/h5-6,9,11,16H,4,7-8,10,12-14,19H2,1-3H3. The van der Waals surface area contributed by atoms with Gasteiger partial charge in [-0.3, -0.25) is 4.90 Å². The summed E-state index contributed by atoms with van der Waals surface area (Å²) in [6.45, 7) is 6.46. The molecule has 1 aromatic rings. The van der Waals surface area contributed by atoms with E-state index in [4.69, 9.17) is 10.5 Å². The fourth-order valence-corrected chi connectivity index (χ4v) is 3.69. The van der Waals surface area contributed by atoms with Crippen LogP contribution in [0.5, 0.6) is 5.75 Å². The van der Waals surface area contributed by atoms with Crippen molar-refractivity contribution in [2.24, 2.45) is 5.73 Å². The van der Waals surface area contributed by atoms with Gasteiger partial charge >= 0.3 is 0 Å². The van der Waals surface area contributed by atoms with Crippen LogP contribution >= 0.6 is 0 Å². The molecule has 1 aliphatic heterocycles. The van der Waals surface area contributed by atoms with Gasteiger partial charge in [-0.05, 0) is 50.8 Å². The lowest BCUT2D eigenvalue weighted by atomic mass is 9.85. The zero-order valence-corrected chi connectivity index (χ0v) is 13.8. The fraction of sp³-hybridized carbons (Fsp3) is 0.667. The first-order chi connectivity index (χ1) is 10.1. The van der Waals surface area contributed by atoms with Crippen LogP contribution in [0.15, 0.2) is 24.3 Å². The van der Waals surface area contributed by atoms with Crippen LogP contribution < -0.4 is 10.5 Å². The van der Waals surface area contributed by atoms with E-state index in [1.165, 1.54) is 37.8 Å². The van der Waals surface area contributed by atoms with Gasteiger partial charge in [-0.2, -0.15) is 0 Å². The van der Waals surface area contributed by atoms with Crippen molar-refractivity contribution in [1.29, 1.82) is 0 Å². The summed E-state index contributed by atoms with van der Waals surface area (Å²) in [5.74, 6) is 0.974. The van der Waals surface area contributed by atoms with Crippen molar-refractivity contribution < 1.29 is 4.74 Å². The highest BCUT2D eigenvalue weighted by atomic mass is 16.5. The number of nitrogens with two attached hydrogens (primary N) is 1. The summed E-state index contributed by atoms with van der Waals surface area (Å²) >= 11 is 0. The van der Waals surface area contributed by atoms with Crippen molar-refractivity contribution in [2.75, 3.05) is 20.2 Å². The van der Waals surface area contributed by atoms with Crippen LogP contribution in [0.2, 0.25) is 0 Å². The molecule has 2 N–H and O–H groups in total. The number of nitrogens with zero attached hydrogens (tertiary/aromatic N) is 1. The van der Waals surface area contributed by atoms with E-state index in [1.54, 1.807) is 7.11 Å². The summed E-state index contributed by atoms with van der Waals surface area (Å²) in [5, 5.41) is 0. The lowest BCUT2D eigenvalue weighted by molar-refractivity contribution is 0.0313. The third-order valence-electron chi connectivity index (χ3n) is 5.00. The first-order valence-electron chi connectivity index (χ1n) is 8.23. The number of benzene rings is 1. The van der Waals surface area contributed by atoms with E-state index in [9.17, 15) is 0 Å². The summed E-state index contributed by atoms with van der Waals surface area (Å²) in [7, 11) is 1.74. The predicted molar refractivity (Wildman–Crippen MR) is 88.8 cm³/mol. The van der Waals surface area contributed by atoms with E-state index < -0.39 is 0 Å². The average Bonchev–Trinajstić information content (AvgIpc) is 2.55. The van der Waals surface area contributed by atoms with Crippen LogP contribution in [0.4, 0.5) is 0 Å². The van der Waals surface area contributed by atoms with Gasteiger partial charge < -0.3 is 10.5 Å². The minimum Gasteiger partial charge on any atom is -0.496 e. The fourth-order valence-electron chi connectivity index (χ4n) is 3.69. The summed E-state index contributed by atoms with van der Waals surface area (Å²) in [4.78, 5) is 2.66. The maximum Gasteiger partial charge on any atom is 0.122 e. The average molecular weight is 290 g/mol. The topological polar surface area (TPSA) is 38.5 Å². The second-order valence-electron chi connectivity index (χ2n) is 6.44. The van der Waals surface area contributed by atoms with Crippen LogP contribution in [-0.2, 0) is 6.42 Å². The Hall–Kier alpha value is -1.06. The Labute approximate surface area is 129 Å². The van der Waals surface area contributed by atoms with Crippen LogP contribution in [0.3, 0.4) is 0 Å².